The Kier molecular flexibility index (Phi) is 6.17. The third-order valence-corrected chi connectivity index (χ3v) is 4.93. The predicted molar refractivity (Wildman–Crippen MR) is 122 cm³/mol. The molecule has 6 nitrogen and oxygen atoms in total. The van der Waals surface area contributed by atoms with Crippen LogP contribution in [0.25, 0.3) is 22.8 Å². The van der Waals surface area contributed by atoms with Crippen LogP contribution in [0.5, 0.6) is 11.6 Å². The van der Waals surface area contributed by atoms with Crippen molar-refractivity contribution in [2.45, 2.75) is 26.2 Å². The average molecular weight is 413 g/mol. The van der Waals surface area contributed by atoms with E-state index in [9.17, 15) is 15.3 Å². The zero-order valence-electron chi connectivity index (χ0n) is 17.9. The Morgan fingerprint density at radius 2 is 1.90 bits per heavy atom. The van der Waals surface area contributed by atoms with Crippen LogP contribution in [-0.2, 0) is 5.41 Å². The van der Waals surface area contributed by atoms with E-state index in [2.05, 4.69) is 37.0 Å². The number of aromatic hydroxyl groups is 1. The van der Waals surface area contributed by atoms with Gasteiger partial charge in [-0.25, -0.2) is 4.98 Å². The summed E-state index contributed by atoms with van der Waals surface area (Å²) in [6, 6.07) is 16.1. The smallest absolute Gasteiger partial charge is 0.218 e. The van der Waals surface area contributed by atoms with E-state index >= 15 is 0 Å². The van der Waals surface area contributed by atoms with E-state index in [-0.39, 0.29) is 11.3 Å². The highest BCUT2D eigenvalue weighted by Crippen LogP contribution is 2.40. The molecule has 31 heavy (non-hydrogen) atoms. The van der Waals surface area contributed by atoms with Gasteiger partial charge in [-0.1, -0.05) is 32.9 Å². The number of aromatic nitrogens is 1. The van der Waals surface area contributed by atoms with Gasteiger partial charge in [0.25, 0.3) is 0 Å². The van der Waals surface area contributed by atoms with E-state index in [1.165, 1.54) is 6.20 Å². The van der Waals surface area contributed by atoms with Gasteiger partial charge >= 0.3 is 0 Å². The molecule has 0 saturated heterocycles. The zero-order chi connectivity index (χ0) is 22.6. The summed E-state index contributed by atoms with van der Waals surface area (Å²) in [5.41, 5.74) is 4.08. The molecule has 0 aliphatic rings. The first-order valence-electron chi connectivity index (χ1n) is 9.71. The van der Waals surface area contributed by atoms with Crippen LogP contribution in [0.3, 0.4) is 0 Å². The van der Waals surface area contributed by atoms with Crippen LogP contribution in [0.2, 0.25) is 0 Å². The molecule has 0 atom stereocenters. The van der Waals surface area contributed by atoms with Gasteiger partial charge in [0, 0.05) is 22.9 Å². The second-order valence-corrected chi connectivity index (χ2v) is 8.08. The van der Waals surface area contributed by atoms with Crippen molar-refractivity contribution in [1.82, 2.24) is 4.98 Å². The lowest BCUT2D eigenvalue weighted by Crippen LogP contribution is -2.14. The summed E-state index contributed by atoms with van der Waals surface area (Å²) in [5.74, 6) is 0.582. The Balaban J connectivity index is 2.27. The fourth-order valence-corrected chi connectivity index (χ4v) is 3.36. The molecule has 0 aliphatic heterocycles. The van der Waals surface area contributed by atoms with Gasteiger partial charge in [-0.05, 0) is 64.2 Å². The molecular formula is C25H23N3O3. The maximum Gasteiger partial charge on any atom is 0.218 e. The number of nitroso groups, excluding NO2 is 1. The van der Waals surface area contributed by atoms with E-state index < -0.39 is 0 Å². The molecule has 0 aliphatic carbocycles. The minimum absolute atomic E-state index is 0.0695. The quantitative estimate of drug-likeness (QED) is 0.304. The Labute approximate surface area is 181 Å². The molecule has 1 heterocycles. The van der Waals surface area contributed by atoms with Gasteiger partial charge in [0.05, 0.1) is 18.8 Å². The Hall–Kier alpha value is -3.98. The maximum absolute atomic E-state index is 10.7. The minimum atomic E-state index is -0.258. The van der Waals surface area contributed by atoms with Crippen molar-refractivity contribution in [2.75, 3.05) is 7.11 Å². The highest BCUT2D eigenvalue weighted by molar-refractivity contribution is 5.92. The first-order chi connectivity index (χ1) is 14.8. The van der Waals surface area contributed by atoms with Gasteiger partial charge in [-0.3, -0.25) is 0 Å². The van der Waals surface area contributed by atoms with Crippen molar-refractivity contribution in [1.29, 1.82) is 5.26 Å². The number of hydrogen-bond donors (Lipinski definition) is 1. The first-order valence-corrected chi connectivity index (χ1v) is 9.71. The lowest BCUT2D eigenvalue weighted by atomic mass is 9.82. The summed E-state index contributed by atoms with van der Waals surface area (Å²) in [7, 11) is 1.60. The summed E-state index contributed by atoms with van der Waals surface area (Å²) in [6.45, 7) is 6.21. The molecule has 0 unspecified atom stereocenters. The number of methoxy groups -OCH3 is 1. The fraction of sp³-hybridized carbons (Fsp3) is 0.200. The van der Waals surface area contributed by atoms with Crippen molar-refractivity contribution in [3.63, 3.8) is 0 Å². The summed E-state index contributed by atoms with van der Waals surface area (Å²) >= 11 is 0. The fourth-order valence-electron chi connectivity index (χ4n) is 3.36. The molecule has 0 spiro atoms. The Bertz CT molecular complexity index is 1180. The molecule has 0 amide bonds. The van der Waals surface area contributed by atoms with Gasteiger partial charge in [0.15, 0.2) is 0 Å². The van der Waals surface area contributed by atoms with Crippen LogP contribution in [-0.4, -0.2) is 17.2 Å². The molecule has 1 N–H and O–H groups in total. The molecule has 0 radical (unpaired) electrons. The van der Waals surface area contributed by atoms with Gasteiger partial charge < -0.3 is 9.84 Å². The third kappa shape index (κ3) is 4.62. The van der Waals surface area contributed by atoms with Gasteiger partial charge in [0.1, 0.15) is 11.4 Å². The number of nitrogens with zero attached hydrogens (tertiary/aromatic N) is 3. The first kappa shape index (κ1) is 21.7. The minimum Gasteiger partial charge on any atom is -0.496 e. The van der Waals surface area contributed by atoms with Crippen LogP contribution >= 0.6 is 0 Å². The Morgan fingerprint density at radius 1 is 1.19 bits per heavy atom. The molecule has 0 saturated carbocycles. The maximum atomic E-state index is 10.7. The average Bonchev–Trinajstić information content (AvgIpc) is 2.76. The molecule has 3 aromatic rings. The second kappa shape index (κ2) is 8.80. The number of pyridine rings is 1. The molecule has 6 heteroatoms. The van der Waals surface area contributed by atoms with E-state index in [1.807, 2.05) is 12.1 Å². The van der Waals surface area contributed by atoms with Gasteiger partial charge in [0.2, 0.25) is 5.88 Å². The number of rotatable bonds is 5. The van der Waals surface area contributed by atoms with E-state index in [1.54, 1.807) is 49.6 Å². The highest BCUT2D eigenvalue weighted by atomic mass is 16.5. The normalized spacial score (nSPS) is 11.6. The van der Waals surface area contributed by atoms with E-state index in [0.29, 0.717) is 33.7 Å². The molecule has 2 aromatic carbocycles. The Morgan fingerprint density at radius 3 is 2.45 bits per heavy atom. The van der Waals surface area contributed by atoms with Gasteiger partial charge in [-0.15, -0.1) is 4.91 Å². The monoisotopic (exact) mass is 413 g/mol. The zero-order valence-corrected chi connectivity index (χ0v) is 17.9. The van der Waals surface area contributed by atoms with E-state index in [0.717, 1.165) is 11.1 Å². The molecule has 3 rings (SSSR count). The summed E-state index contributed by atoms with van der Waals surface area (Å²) in [5, 5.41) is 23.0. The van der Waals surface area contributed by atoms with Crippen molar-refractivity contribution in [2.24, 2.45) is 5.18 Å². The number of hydrogen-bond acceptors (Lipinski definition) is 6. The lowest BCUT2D eigenvalue weighted by Gasteiger charge is -2.25. The third-order valence-electron chi connectivity index (χ3n) is 4.93. The van der Waals surface area contributed by atoms with Crippen LogP contribution in [0, 0.1) is 16.2 Å². The van der Waals surface area contributed by atoms with Crippen molar-refractivity contribution >= 4 is 17.3 Å². The van der Waals surface area contributed by atoms with Crippen molar-refractivity contribution in [3.05, 3.63) is 76.3 Å². The molecule has 156 valence electrons. The molecule has 1 aromatic heterocycles. The van der Waals surface area contributed by atoms with Crippen LogP contribution in [0.4, 0.5) is 5.69 Å². The summed E-state index contributed by atoms with van der Waals surface area (Å²) < 4.78 is 5.75. The van der Waals surface area contributed by atoms with Crippen LogP contribution in [0.1, 0.15) is 37.5 Å². The van der Waals surface area contributed by atoms with E-state index in [4.69, 9.17) is 4.74 Å². The number of allylic oxidation sites excluding steroid dienone is 1. The SMILES string of the molecule is COc1c(/C=C(\C#N)c2ccc(N=O)cc2)cc(-c2cccnc2O)cc1C(C)(C)C. The topological polar surface area (TPSA) is 95.6 Å². The standard InChI is InChI=1S/C25H23N3O3/c1-25(2,3)22-14-17(21-6-5-11-27-24(21)29)12-18(23(22)31-4)13-19(15-26)16-7-9-20(28-30)10-8-16/h5-14H,1-4H3,(H,27,29)/b19-13+. The molecule has 0 bridgehead atoms. The van der Waals surface area contributed by atoms with Crippen molar-refractivity contribution < 1.29 is 9.84 Å². The number of nitriles is 1. The number of benzene rings is 2. The number of ether oxygens (including phenoxy) is 1. The second-order valence-electron chi connectivity index (χ2n) is 8.08. The lowest BCUT2D eigenvalue weighted by molar-refractivity contribution is 0.396. The molecule has 0 fully saturated rings. The van der Waals surface area contributed by atoms with Crippen molar-refractivity contribution in [3.8, 4) is 28.8 Å². The van der Waals surface area contributed by atoms with Gasteiger partial charge in [-0.2, -0.15) is 5.26 Å². The van der Waals surface area contributed by atoms with Crippen LogP contribution in [0.15, 0.2) is 59.9 Å². The summed E-state index contributed by atoms with van der Waals surface area (Å²) in [4.78, 5) is 14.7. The largest absolute Gasteiger partial charge is 0.496 e. The van der Waals surface area contributed by atoms with Crippen LogP contribution < -0.4 is 4.74 Å². The highest BCUT2D eigenvalue weighted by Gasteiger charge is 2.23. The summed E-state index contributed by atoms with van der Waals surface area (Å²) in [6.07, 6.45) is 3.27. The molecular weight excluding hydrogens is 390 g/mol. The predicted octanol–water partition coefficient (Wildman–Crippen LogP) is 6.22.